The molecule has 0 aliphatic carbocycles. The molecule has 1 saturated heterocycles. The van der Waals surface area contributed by atoms with E-state index in [-0.39, 0.29) is 18.4 Å². The summed E-state index contributed by atoms with van der Waals surface area (Å²) in [6.45, 7) is -2.37. The summed E-state index contributed by atoms with van der Waals surface area (Å²) in [5.74, 6) is -0.311. The van der Waals surface area contributed by atoms with Gasteiger partial charge in [0.2, 0.25) is 5.91 Å². The molecule has 0 saturated carbocycles. The Morgan fingerprint density at radius 3 is 3.38 bits per heavy atom. The largest absolute Gasteiger partial charge is 0.339 e. The first-order chi connectivity index (χ1) is 7.50. The summed E-state index contributed by atoms with van der Waals surface area (Å²) in [7, 11) is 0. The lowest BCUT2D eigenvalue weighted by molar-refractivity contribution is -0.127. The zero-order valence-corrected chi connectivity index (χ0v) is 7.10. The fourth-order valence-electron chi connectivity index (χ4n) is 1.57. The molecule has 0 radical (unpaired) electrons. The highest BCUT2D eigenvalue weighted by atomic mass is 16.2. The third-order valence-corrected chi connectivity index (χ3v) is 2.28. The van der Waals surface area contributed by atoms with Crippen LogP contribution in [0.15, 0.2) is 24.5 Å². The van der Waals surface area contributed by atoms with Crippen molar-refractivity contribution in [3.8, 4) is 0 Å². The zero-order valence-electron chi connectivity index (χ0n) is 10.1. The van der Waals surface area contributed by atoms with Gasteiger partial charge in [-0.25, -0.2) is 0 Å². The maximum atomic E-state index is 11.6. The van der Waals surface area contributed by atoms with Crippen molar-refractivity contribution in [2.24, 2.45) is 0 Å². The van der Waals surface area contributed by atoms with Gasteiger partial charge in [-0.15, -0.1) is 0 Å². The minimum absolute atomic E-state index is 0.290. The molecule has 1 fully saturated rings. The van der Waals surface area contributed by atoms with Gasteiger partial charge in [0.25, 0.3) is 0 Å². The maximum absolute atomic E-state index is 11.6. The average molecular weight is 179 g/mol. The van der Waals surface area contributed by atoms with Crippen molar-refractivity contribution in [3.63, 3.8) is 0 Å². The number of aromatic nitrogens is 1. The Hall–Kier alpha value is -1.38. The van der Waals surface area contributed by atoms with Crippen molar-refractivity contribution >= 4 is 5.91 Å². The van der Waals surface area contributed by atoms with Gasteiger partial charge in [-0.05, 0) is 18.1 Å². The molecule has 0 N–H and O–H groups in total. The summed E-state index contributed by atoms with van der Waals surface area (Å²) in [5, 5.41) is 0. The minimum atomic E-state index is -2.37. The topological polar surface area (TPSA) is 33.2 Å². The lowest BCUT2D eigenvalue weighted by Gasteiger charge is -2.19. The highest BCUT2D eigenvalue weighted by Crippen LogP contribution is 2.30. The summed E-state index contributed by atoms with van der Waals surface area (Å²) in [4.78, 5) is 16.5. The quantitative estimate of drug-likeness (QED) is 0.652. The number of carbonyl (C=O) groups is 1. The minimum Gasteiger partial charge on any atom is -0.339 e. The van der Waals surface area contributed by atoms with Crippen LogP contribution in [0, 0.1) is 0 Å². The third kappa shape index (κ3) is 1.41. The van der Waals surface area contributed by atoms with E-state index in [4.69, 9.17) is 4.11 Å². The molecule has 1 amide bonds. The number of carbonyl (C=O) groups excluding carboxylic acids is 1. The molecule has 13 heavy (non-hydrogen) atoms. The summed E-state index contributed by atoms with van der Waals surface area (Å²) < 4.78 is 22.1. The summed E-state index contributed by atoms with van der Waals surface area (Å²) in [5.41, 5.74) is 0.782. The molecule has 1 aromatic heterocycles. The molecule has 68 valence electrons. The maximum Gasteiger partial charge on any atom is 0.222 e. The van der Waals surface area contributed by atoms with E-state index in [2.05, 4.69) is 4.98 Å². The number of amides is 1. The standard InChI is InChI=1S/C10H12N2O/c1-12-9(4-5-10(12)13)8-3-2-6-11-7-8/h2-3,6-7,9H,4-5H2,1H3/t9-/m0/s1/i1D3. The molecule has 3 nitrogen and oxygen atoms in total. The predicted molar refractivity (Wildman–Crippen MR) is 49.0 cm³/mol. The monoisotopic (exact) mass is 179 g/mol. The average Bonchev–Trinajstić information content (AvgIpc) is 2.61. The molecule has 1 aliphatic heterocycles. The second kappa shape index (κ2) is 3.17. The summed E-state index contributed by atoms with van der Waals surface area (Å²) in [6, 6.07) is 3.18. The molecule has 0 unspecified atom stereocenters. The van der Waals surface area contributed by atoms with Crippen LogP contribution in [-0.2, 0) is 4.79 Å². The van der Waals surface area contributed by atoms with Crippen LogP contribution in [-0.4, -0.2) is 22.8 Å². The molecule has 0 spiro atoms. The number of hydrogen-bond donors (Lipinski definition) is 0. The Kier molecular flexibility index (Phi) is 1.31. The Bertz CT molecular complexity index is 391. The summed E-state index contributed by atoms with van der Waals surface area (Å²) >= 11 is 0. The van der Waals surface area contributed by atoms with E-state index in [1.807, 2.05) is 0 Å². The van der Waals surface area contributed by atoms with Crippen molar-refractivity contribution < 1.29 is 8.91 Å². The van der Waals surface area contributed by atoms with Crippen molar-refractivity contribution in [1.82, 2.24) is 9.88 Å². The van der Waals surface area contributed by atoms with Crippen LogP contribution in [0.4, 0.5) is 0 Å². The Morgan fingerprint density at radius 1 is 1.77 bits per heavy atom. The second-order valence-corrected chi connectivity index (χ2v) is 3.10. The van der Waals surface area contributed by atoms with Gasteiger partial charge in [0.1, 0.15) is 0 Å². The van der Waals surface area contributed by atoms with E-state index in [0.717, 1.165) is 10.5 Å². The zero-order chi connectivity index (χ0) is 11.8. The first kappa shape index (κ1) is 5.37. The molecular weight excluding hydrogens is 164 g/mol. The number of likely N-dealkylation sites (tertiary alicyclic amines) is 1. The number of pyridine rings is 1. The normalized spacial score (nSPS) is 26.8. The van der Waals surface area contributed by atoms with Crippen LogP contribution in [0.5, 0.6) is 0 Å². The van der Waals surface area contributed by atoms with E-state index in [1.165, 1.54) is 0 Å². The van der Waals surface area contributed by atoms with Gasteiger partial charge in [0.05, 0.1) is 6.04 Å². The Morgan fingerprint density at radius 2 is 2.69 bits per heavy atom. The number of hydrogen-bond acceptors (Lipinski definition) is 2. The van der Waals surface area contributed by atoms with Gasteiger partial charge in [0, 0.05) is 29.9 Å². The van der Waals surface area contributed by atoms with E-state index < -0.39 is 6.98 Å². The Balaban J connectivity index is 2.32. The Labute approximate surface area is 81.6 Å². The highest BCUT2D eigenvalue weighted by Gasteiger charge is 2.28. The van der Waals surface area contributed by atoms with Crippen molar-refractivity contribution in [3.05, 3.63) is 30.1 Å². The van der Waals surface area contributed by atoms with E-state index in [9.17, 15) is 4.79 Å². The fraction of sp³-hybridized carbons (Fsp3) is 0.400. The lowest BCUT2D eigenvalue weighted by atomic mass is 10.1. The van der Waals surface area contributed by atoms with Crippen LogP contribution in [0.3, 0.4) is 0 Å². The highest BCUT2D eigenvalue weighted by molar-refractivity contribution is 5.78. The lowest BCUT2D eigenvalue weighted by Crippen LogP contribution is -2.22. The van der Waals surface area contributed by atoms with E-state index in [0.29, 0.717) is 6.42 Å². The van der Waals surface area contributed by atoms with Gasteiger partial charge in [-0.2, -0.15) is 0 Å². The number of rotatable bonds is 1. The summed E-state index contributed by atoms with van der Waals surface area (Å²) in [6.07, 6.45) is 4.07. The van der Waals surface area contributed by atoms with Gasteiger partial charge in [-0.1, -0.05) is 6.07 Å². The molecule has 2 heterocycles. The second-order valence-electron chi connectivity index (χ2n) is 3.10. The molecule has 1 atom stereocenters. The van der Waals surface area contributed by atoms with Gasteiger partial charge in [0.15, 0.2) is 0 Å². The smallest absolute Gasteiger partial charge is 0.222 e. The van der Waals surface area contributed by atoms with Gasteiger partial charge < -0.3 is 4.90 Å². The van der Waals surface area contributed by atoms with Crippen LogP contribution in [0.25, 0.3) is 0 Å². The molecule has 2 rings (SSSR count). The molecular formula is C10H12N2O. The molecule has 0 bridgehead atoms. The van der Waals surface area contributed by atoms with Gasteiger partial charge in [-0.3, -0.25) is 9.78 Å². The van der Waals surface area contributed by atoms with Crippen LogP contribution < -0.4 is 0 Å². The van der Waals surface area contributed by atoms with E-state index >= 15 is 0 Å². The van der Waals surface area contributed by atoms with Crippen molar-refractivity contribution in [2.75, 3.05) is 6.98 Å². The van der Waals surface area contributed by atoms with Crippen LogP contribution in [0.2, 0.25) is 0 Å². The van der Waals surface area contributed by atoms with Crippen LogP contribution >= 0.6 is 0 Å². The number of nitrogens with zero attached hydrogens (tertiary/aromatic N) is 2. The molecule has 0 aromatic carbocycles. The van der Waals surface area contributed by atoms with Crippen LogP contribution in [0.1, 0.15) is 28.6 Å². The predicted octanol–water partition coefficient (Wildman–Crippen LogP) is 1.37. The fourth-order valence-corrected chi connectivity index (χ4v) is 1.57. The molecule has 1 aromatic rings. The molecule has 1 aliphatic rings. The first-order valence-corrected chi connectivity index (χ1v) is 4.22. The SMILES string of the molecule is [2H]C([2H])([2H])N1C(=O)CC[C@H]1c1cccnc1. The van der Waals surface area contributed by atoms with Crippen molar-refractivity contribution in [1.29, 1.82) is 0 Å². The first-order valence-electron chi connectivity index (χ1n) is 5.72. The third-order valence-electron chi connectivity index (χ3n) is 2.28. The van der Waals surface area contributed by atoms with E-state index in [1.54, 1.807) is 24.5 Å². The van der Waals surface area contributed by atoms with Gasteiger partial charge >= 0.3 is 0 Å². The molecule has 3 heteroatoms. The van der Waals surface area contributed by atoms with Crippen molar-refractivity contribution in [2.45, 2.75) is 18.9 Å².